The molecule has 0 aromatic heterocycles. The maximum atomic E-state index is 11.9. The maximum Gasteiger partial charge on any atom is 0.409 e. The second-order valence-corrected chi connectivity index (χ2v) is 4.94. The monoisotopic (exact) mass is 281 g/mol. The van der Waals surface area contributed by atoms with Gasteiger partial charge in [-0.3, -0.25) is 4.79 Å². The fourth-order valence-corrected chi connectivity index (χ4v) is 2.27. The number of hydrogen-bond acceptors (Lipinski definition) is 4. The summed E-state index contributed by atoms with van der Waals surface area (Å²) in [6, 6.07) is 2.08. The third-order valence-electron chi connectivity index (χ3n) is 3.42. The van der Waals surface area contributed by atoms with E-state index in [1.54, 1.807) is 11.8 Å². The van der Waals surface area contributed by atoms with Crippen molar-refractivity contribution in [1.82, 2.24) is 10.2 Å². The number of amides is 2. The number of ether oxygens (including phenoxy) is 1. The molecule has 20 heavy (non-hydrogen) atoms. The highest BCUT2D eigenvalue weighted by molar-refractivity contribution is 5.81. The van der Waals surface area contributed by atoms with Crippen LogP contribution in [0.2, 0.25) is 0 Å². The van der Waals surface area contributed by atoms with Crippen molar-refractivity contribution >= 4 is 12.0 Å². The molecule has 0 aromatic rings. The Morgan fingerprint density at radius 2 is 2.05 bits per heavy atom. The van der Waals surface area contributed by atoms with Gasteiger partial charge in [0, 0.05) is 19.1 Å². The molecule has 1 atom stereocenters. The summed E-state index contributed by atoms with van der Waals surface area (Å²) in [6.07, 6.45) is 2.51. The first kappa shape index (κ1) is 16.3. The summed E-state index contributed by atoms with van der Waals surface area (Å²) in [4.78, 5) is 25.1. The molecule has 0 spiro atoms. The van der Waals surface area contributed by atoms with E-state index in [1.165, 1.54) is 0 Å². The lowest BCUT2D eigenvalue weighted by atomic mass is 10.0. The molecule has 6 heteroatoms. The number of nitriles is 1. The van der Waals surface area contributed by atoms with Gasteiger partial charge in [0.2, 0.25) is 5.91 Å². The Morgan fingerprint density at radius 3 is 2.55 bits per heavy atom. The van der Waals surface area contributed by atoms with Crippen molar-refractivity contribution in [2.45, 2.75) is 45.6 Å². The molecule has 1 unspecified atom stereocenters. The summed E-state index contributed by atoms with van der Waals surface area (Å²) >= 11 is 0. The van der Waals surface area contributed by atoms with E-state index in [1.807, 2.05) is 13.0 Å². The number of rotatable bonds is 5. The van der Waals surface area contributed by atoms with Gasteiger partial charge >= 0.3 is 6.09 Å². The molecule has 1 aliphatic rings. The predicted octanol–water partition coefficient (Wildman–Crippen LogP) is 1.66. The normalized spacial score (nSPS) is 17.1. The minimum atomic E-state index is -0.567. The van der Waals surface area contributed by atoms with Gasteiger partial charge in [0.05, 0.1) is 12.7 Å². The Kier molecular flexibility index (Phi) is 6.85. The van der Waals surface area contributed by atoms with E-state index in [2.05, 4.69) is 5.32 Å². The zero-order valence-corrected chi connectivity index (χ0v) is 12.2. The van der Waals surface area contributed by atoms with Gasteiger partial charge in [0.15, 0.2) is 0 Å². The molecule has 6 nitrogen and oxygen atoms in total. The van der Waals surface area contributed by atoms with E-state index in [0.717, 1.165) is 6.42 Å². The largest absolute Gasteiger partial charge is 0.450 e. The van der Waals surface area contributed by atoms with Crippen molar-refractivity contribution in [3.63, 3.8) is 0 Å². The molecule has 0 aromatic carbocycles. The van der Waals surface area contributed by atoms with Crippen molar-refractivity contribution in [2.24, 2.45) is 5.92 Å². The molecule has 1 heterocycles. The fourth-order valence-electron chi connectivity index (χ4n) is 2.27. The predicted molar refractivity (Wildman–Crippen MR) is 73.8 cm³/mol. The topological polar surface area (TPSA) is 82.4 Å². The second-order valence-electron chi connectivity index (χ2n) is 4.94. The summed E-state index contributed by atoms with van der Waals surface area (Å²) in [7, 11) is 0. The van der Waals surface area contributed by atoms with Crippen LogP contribution in [0.25, 0.3) is 0 Å². The van der Waals surface area contributed by atoms with Gasteiger partial charge in [-0.15, -0.1) is 0 Å². The van der Waals surface area contributed by atoms with Gasteiger partial charge in [-0.1, -0.05) is 13.3 Å². The van der Waals surface area contributed by atoms with Crippen LogP contribution in [-0.2, 0) is 9.53 Å². The SMILES string of the molecule is CCCC(C#N)C(=O)NC1CCN(C(=O)OCC)CC1. The molecule has 1 rings (SSSR count). The highest BCUT2D eigenvalue weighted by Crippen LogP contribution is 2.13. The van der Waals surface area contributed by atoms with Crippen LogP contribution in [0.3, 0.4) is 0 Å². The van der Waals surface area contributed by atoms with Crippen LogP contribution in [0.1, 0.15) is 39.5 Å². The number of carbonyl (C=O) groups is 2. The molecule has 1 N–H and O–H groups in total. The molecule has 0 radical (unpaired) electrons. The van der Waals surface area contributed by atoms with Gasteiger partial charge in [0.25, 0.3) is 0 Å². The number of piperidine rings is 1. The Labute approximate surface area is 120 Å². The average molecular weight is 281 g/mol. The van der Waals surface area contributed by atoms with Crippen LogP contribution in [0.4, 0.5) is 4.79 Å². The quantitative estimate of drug-likeness (QED) is 0.831. The summed E-state index contributed by atoms with van der Waals surface area (Å²) in [6.45, 7) is 5.26. The second kappa shape index (κ2) is 8.41. The third-order valence-corrected chi connectivity index (χ3v) is 3.42. The van der Waals surface area contributed by atoms with Crippen LogP contribution in [0.5, 0.6) is 0 Å². The van der Waals surface area contributed by atoms with Crippen LogP contribution < -0.4 is 5.32 Å². The van der Waals surface area contributed by atoms with Crippen LogP contribution in [-0.4, -0.2) is 42.6 Å². The van der Waals surface area contributed by atoms with Crippen LogP contribution >= 0.6 is 0 Å². The minimum Gasteiger partial charge on any atom is -0.450 e. The summed E-state index contributed by atoms with van der Waals surface area (Å²) < 4.78 is 4.94. The molecule has 2 amide bonds. The fraction of sp³-hybridized carbons (Fsp3) is 0.786. The first-order chi connectivity index (χ1) is 9.62. The summed E-state index contributed by atoms with van der Waals surface area (Å²) in [5.74, 6) is -0.757. The van der Waals surface area contributed by atoms with E-state index >= 15 is 0 Å². The Morgan fingerprint density at radius 1 is 1.40 bits per heavy atom. The molecule has 1 saturated heterocycles. The van der Waals surface area contributed by atoms with Crippen molar-refractivity contribution in [2.75, 3.05) is 19.7 Å². The smallest absolute Gasteiger partial charge is 0.409 e. The number of hydrogen-bond donors (Lipinski definition) is 1. The van der Waals surface area contributed by atoms with E-state index in [-0.39, 0.29) is 18.0 Å². The highest BCUT2D eigenvalue weighted by atomic mass is 16.6. The lowest BCUT2D eigenvalue weighted by molar-refractivity contribution is -0.124. The van der Waals surface area contributed by atoms with Gasteiger partial charge in [0.1, 0.15) is 5.92 Å². The number of nitrogens with one attached hydrogen (secondary N) is 1. The molecular formula is C14H23N3O3. The first-order valence-corrected chi connectivity index (χ1v) is 7.24. The van der Waals surface area contributed by atoms with Gasteiger partial charge < -0.3 is 15.0 Å². The van der Waals surface area contributed by atoms with Crippen molar-refractivity contribution in [1.29, 1.82) is 5.26 Å². The van der Waals surface area contributed by atoms with Crippen molar-refractivity contribution in [3.05, 3.63) is 0 Å². The van der Waals surface area contributed by atoms with E-state index in [4.69, 9.17) is 10.00 Å². The minimum absolute atomic E-state index is 0.0425. The standard InChI is InChI=1S/C14H23N3O3/c1-3-5-11(10-15)13(18)16-12-6-8-17(9-7-12)14(19)20-4-2/h11-12H,3-9H2,1-2H3,(H,16,18). The number of nitrogens with zero attached hydrogens (tertiary/aromatic N) is 2. The number of carbonyl (C=O) groups excluding carboxylic acids is 2. The molecule has 0 bridgehead atoms. The summed E-state index contributed by atoms with van der Waals surface area (Å²) in [5, 5.41) is 11.9. The van der Waals surface area contributed by atoms with Gasteiger partial charge in [-0.2, -0.15) is 5.26 Å². The molecule has 1 aliphatic heterocycles. The third kappa shape index (κ3) is 4.72. The lowest BCUT2D eigenvalue weighted by Crippen LogP contribution is -2.47. The molecule has 112 valence electrons. The van der Waals surface area contributed by atoms with Crippen LogP contribution in [0, 0.1) is 17.2 Å². The van der Waals surface area contributed by atoms with Gasteiger partial charge in [-0.05, 0) is 26.2 Å². The zero-order chi connectivity index (χ0) is 15.0. The Bertz CT molecular complexity index is 370. The summed E-state index contributed by atoms with van der Waals surface area (Å²) in [5.41, 5.74) is 0. The van der Waals surface area contributed by atoms with E-state index in [0.29, 0.717) is 39.0 Å². The molecule has 1 fully saturated rings. The Balaban J connectivity index is 2.37. The highest BCUT2D eigenvalue weighted by Gasteiger charge is 2.26. The van der Waals surface area contributed by atoms with Crippen molar-refractivity contribution in [3.8, 4) is 6.07 Å². The number of likely N-dealkylation sites (tertiary alicyclic amines) is 1. The molecular weight excluding hydrogens is 258 g/mol. The Hall–Kier alpha value is -1.77. The lowest BCUT2D eigenvalue weighted by Gasteiger charge is -2.31. The first-order valence-electron chi connectivity index (χ1n) is 7.24. The van der Waals surface area contributed by atoms with Gasteiger partial charge in [-0.25, -0.2) is 4.79 Å². The van der Waals surface area contributed by atoms with E-state index < -0.39 is 5.92 Å². The van der Waals surface area contributed by atoms with Crippen LogP contribution in [0.15, 0.2) is 0 Å². The molecule has 0 saturated carbocycles. The average Bonchev–Trinajstić information content (AvgIpc) is 2.45. The molecule has 0 aliphatic carbocycles. The van der Waals surface area contributed by atoms with E-state index in [9.17, 15) is 9.59 Å². The zero-order valence-electron chi connectivity index (χ0n) is 12.2. The maximum absolute atomic E-state index is 11.9. The van der Waals surface area contributed by atoms with Crippen molar-refractivity contribution < 1.29 is 14.3 Å².